The third kappa shape index (κ3) is 7.62. The molecule has 0 bridgehead atoms. The summed E-state index contributed by atoms with van der Waals surface area (Å²) in [5.41, 5.74) is 17.4. The molecule has 0 amide bonds. The maximum absolute atomic E-state index is 15.1. The largest absolute Gasteiger partial charge is 0.417 e. The van der Waals surface area contributed by atoms with Gasteiger partial charge < -0.3 is 9.13 Å². The molecule has 10 aromatic carbocycles. The molecule has 0 aliphatic heterocycles. The van der Waals surface area contributed by atoms with Gasteiger partial charge in [-0.2, -0.15) is 18.4 Å². The summed E-state index contributed by atoms with van der Waals surface area (Å²) in [6.07, 6.45) is -4.68. The van der Waals surface area contributed by atoms with Gasteiger partial charge in [0.1, 0.15) is 0 Å². The molecule has 346 valence electrons. The number of aromatic nitrogens is 2. The van der Waals surface area contributed by atoms with Crippen LogP contribution in [0.5, 0.6) is 0 Å². The van der Waals surface area contributed by atoms with Gasteiger partial charge in [0.25, 0.3) is 0 Å². The lowest BCUT2D eigenvalue weighted by Gasteiger charge is -2.21. The Morgan fingerprint density at radius 2 is 0.653 bits per heavy atom. The standard InChI is InChI=1S/C66H46F3N3/c1-40-9-17-44(18-10-40)48-25-29-60-55(33-48)56-34-49(45-19-11-41(2)12-20-45)26-30-61(56)71(60)64-37-52(39-70)54(53-7-5-6-8-59(53)66(67,68)69)38-65(64)72-62-31-27-50(46-21-13-42(3)14-22-46)35-57(62)58-36-51(28-32-63(58)72)47-23-15-43(4)16-24-47/h5-38H,1-4H3. The van der Waals surface area contributed by atoms with Crippen molar-refractivity contribution in [2.24, 2.45) is 0 Å². The van der Waals surface area contributed by atoms with Crippen LogP contribution in [0, 0.1) is 39.0 Å². The van der Waals surface area contributed by atoms with E-state index in [-0.39, 0.29) is 16.7 Å². The van der Waals surface area contributed by atoms with Crippen molar-refractivity contribution in [3.8, 4) is 73.1 Å². The van der Waals surface area contributed by atoms with Crippen molar-refractivity contribution >= 4 is 43.6 Å². The Balaban J connectivity index is 1.21. The lowest BCUT2D eigenvalue weighted by molar-refractivity contribution is -0.137. The van der Waals surface area contributed by atoms with E-state index in [1.54, 1.807) is 18.2 Å². The van der Waals surface area contributed by atoms with Crippen LogP contribution in [0.15, 0.2) is 206 Å². The van der Waals surface area contributed by atoms with E-state index >= 15 is 13.2 Å². The second-order valence-corrected chi connectivity index (χ2v) is 19.1. The normalized spacial score (nSPS) is 11.8. The Morgan fingerprint density at radius 1 is 0.347 bits per heavy atom. The Morgan fingerprint density at radius 3 is 0.972 bits per heavy atom. The maximum Gasteiger partial charge on any atom is 0.417 e. The molecule has 12 aromatic rings. The molecule has 3 nitrogen and oxygen atoms in total. The van der Waals surface area contributed by atoms with Gasteiger partial charge in [0, 0.05) is 27.1 Å². The number of alkyl halides is 3. The van der Waals surface area contributed by atoms with Gasteiger partial charge in [0.2, 0.25) is 0 Å². The van der Waals surface area contributed by atoms with Gasteiger partial charge in [0.15, 0.2) is 0 Å². The third-order valence-electron chi connectivity index (χ3n) is 14.3. The van der Waals surface area contributed by atoms with Crippen molar-refractivity contribution in [3.63, 3.8) is 0 Å². The Labute approximate surface area is 415 Å². The van der Waals surface area contributed by atoms with E-state index in [4.69, 9.17) is 0 Å². The van der Waals surface area contributed by atoms with Gasteiger partial charge in [-0.3, -0.25) is 0 Å². The second-order valence-electron chi connectivity index (χ2n) is 19.1. The number of rotatable bonds is 7. The van der Waals surface area contributed by atoms with Gasteiger partial charge in [-0.15, -0.1) is 0 Å². The van der Waals surface area contributed by atoms with E-state index in [2.05, 4.69) is 213 Å². The number of hydrogen-bond donors (Lipinski definition) is 0. The van der Waals surface area contributed by atoms with Crippen LogP contribution in [0.25, 0.3) is 111 Å². The molecule has 0 saturated carbocycles. The van der Waals surface area contributed by atoms with Crippen LogP contribution >= 0.6 is 0 Å². The fourth-order valence-corrected chi connectivity index (χ4v) is 10.5. The molecule has 0 aliphatic rings. The highest BCUT2D eigenvalue weighted by Gasteiger charge is 2.34. The van der Waals surface area contributed by atoms with Gasteiger partial charge in [-0.25, -0.2) is 0 Å². The first-order chi connectivity index (χ1) is 34.9. The summed E-state index contributed by atoms with van der Waals surface area (Å²) in [5.74, 6) is 0. The summed E-state index contributed by atoms with van der Waals surface area (Å²) in [6.45, 7) is 8.31. The topological polar surface area (TPSA) is 33.6 Å². The minimum absolute atomic E-state index is 0.0638. The summed E-state index contributed by atoms with van der Waals surface area (Å²) in [4.78, 5) is 0. The summed E-state index contributed by atoms with van der Waals surface area (Å²) in [6, 6.07) is 71.4. The van der Waals surface area contributed by atoms with Crippen LogP contribution in [0.2, 0.25) is 0 Å². The zero-order valence-electron chi connectivity index (χ0n) is 40.1. The van der Waals surface area contributed by atoms with Crippen LogP contribution in [0.1, 0.15) is 33.4 Å². The number of nitrogens with zero attached hydrogens (tertiary/aromatic N) is 3. The average Bonchev–Trinajstić information content (AvgIpc) is 3.90. The predicted molar refractivity (Wildman–Crippen MR) is 291 cm³/mol. The van der Waals surface area contributed by atoms with Crippen LogP contribution in [0.4, 0.5) is 13.2 Å². The first-order valence-electron chi connectivity index (χ1n) is 24.1. The fraction of sp³-hybridized carbons (Fsp3) is 0.0758. The molecular weight excluding hydrogens is 892 g/mol. The smallest absolute Gasteiger partial charge is 0.307 e. The lowest BCUT2D eigenvalue weighted by atomic mass is 9.94. The van der Waals surface area contributed by atoms with E-state index in [1.165, 1.54) is 34.4 Å². The highest BCUT2D eigenvalue weighted by atomic mass is 19.4. The van der Waals surface area contributed by atoms with Crippen molar-refractivity contribution in [1.29, 1.82) is 5.26 Å². The minimum atomic E-state index is -4.68. The third-order valence-corrected chi connectivity index (χ3v) is 14.3. The van der Waals surface area contributed by atoms with E-state index in [9.17, 15) is 5.26 Å². The number of benzene rings is 10. The van der Waals surface area contributed by atoms with Crippen LogP contribution < -0.4 is 0 Å². The van der Waals surface area contributed by atoms with Gasteiger partial charge in [0.05, 0.1) is 50.6 Å². The maximum atomic E-state index is 15.1. The zero-order chi connectivity index (χ0) is 49.4. The first kappa shape index (κ1) is 44.3. The van der Waals surface area contributed by atoms with E-state index in [0.29, 0.717) is 11.4 Å². The van der Waals surface area contributed by atoms with Gasteiger partial charge in [-0.05, 0) is 144 Å². The highest BCUT2D eigenvalue weighted by Crippen LogP contribution is 2.46. The Hall–Kier alpha value is -8.92. The number of nitriles is 1. The van der Waals surface area contributed by atoms with Crippen molar-refractivity contribution in [3.05, 3.63) is 240 Å². The van der Waals surface area contributed by atoms with Crippen molar-refractivity contribution < 1.29 is 13.2 Å². The summed E-state index contributed by atoms with van der Waals surface area (Å²) in [7, 11) is 0. The molecule has 72 heavy (non-hydrogen) atoms. The minimum Gasteiger partial charge on any atom is -0.307 e. The molecule has 0 N–H and O–H groups in total. The average molecular weight is 938 g/mol. The molecule has 12 rings (SSSR count). The van der Waals surface area contributed by atoms with E-state index in [0.717, 1.165) is 94.2 Å². The first-order valence-corrected chi connectivity index (χ1v) is 24.1. The summed E-state index contributed by atoms with van der Waals surface area (Å²) < 4.78 is 49.6. The van der Waals surface area contributed by atoms with Crippen LogP contribution in [0.3, 0.4) is 0 Å². The monoisotopic (exact) mass is 937 g/mol. The molecule has 0 unspecified atom stereocenters. The molecule has 0 saturated heterocycles. The summed E-state index contributed by atoms with van der Waals surface area (Å²) in [5, 5.41) is 15.1. The van der Waals surface area contributed by atoms with Crippen LogP contribution in [-0.4, -0.2) is 9.13 Å². The molecule has 0 aliphatic carbocycles. The van der Waals surface area contributed by atoms with Crippen molar-refractivity contribution in [2.75, 3.05) is 0 Å². The molecule has 0 spiro atoms. The van der Waals surface area contributed by atoms with E-state index < -0.39 is 11.7 Å². The zero-order valence-corrected chi connectivity index (χ0v) is 40.1. The lowest BCUT2D eigenvalue weighted by Crippen LogP contribution is -2.09. The number of hydrogen-bond acceptors (Lipinski definition) is 1. The van der Waals surface area contributed by atoms with Gasteiger partial charge >= 0.3 is 6.18 Å². The van der Waals surface area contributed by atoms with Crippen molar-refractivity contribution in [1.82, 2.24) is 9.13 Å². The fourth-order valence-electron chi connectivity index (χ4n) is 10.5. The molecule has 0 atom stereocenters. The highest BCUT2D eigenvalue weighted by molar-refractivity contribution is 6.14. The number of fused-ring (bicyclic) bond motifs is 6. The molecule has 0 fully saturated rings. The van der Waals surface area contributed by atoms with Crippen LogP contribution in [-0.2, 0) is 6.18 Å². The molecule has 2 aromatic heterocycles. The second kappa shape index (κ2) is 17.2. The van der Waals surface area contributed by atoms with Gasteiger partial charge in [-0.1, -0.05) is 162 Å². The Bertz CT molecular complexity index is 3940. The SMILES string of the molecule is Cc1ccc(-c2ccc3c(c2)c2cc(-c4ccc(C)cc4)ccc2n3-c2cc(C#N)c(-c3ccccc3C(F)(F)F)cc2-n2c3ccc(-c4ccc(C)cc4)cc3c3cc(-c4ccc(C)cc4)ccc32)cc1. The molecule has 2 heterocycles. The summed E-state index contributed by atoms with van der Waals surface area (Å²) >= 11 is 0. The van der Waals surface area contributed by atoms with E-state index in [1.807, 2.05) is 0 Å². The number of halogens is 3. The molecular formula is C66H46F3N3. The predicted octanol–water partition coefficient (Wildman–Crippen LogP) is 18.3. The molecule has 6 heteroatoms. The van der Waals surface area contributed by atoms with Crippen molar-refractivity contribution in [2.45, 2.75) is 33.9 Å². The quantitative estimate of drug-likeness (QED) is 0.157. The number of aryl methyl sites for hydroxylation is 4. The molecule has 0 radical (unpaired) electrons. The Kier molecular flexibility index (Phi) is 10.6.